The Kier molecular flexibility index (Phi) is 32.5. The molecule has 0 aliphatic carbocycles. The molecule has 0 amide bonds. The Morgan fingerprint density at radius 1 is 0.679 bits per heavy atom. The van der Waals surface area contributed by atoms with E-state index in [1.807, 2.05) is 27.2 Å². The molecule has 0 radical (unpaired) electrons. The minimum Gasteiger partial charge on any atom is -0.756 e. The van der Waals surface area contributed by atoms with Crippen LogP contribution in [0.25, 0.3) is 0 Å². The van der Waals surface area contributed by atoms with Crippen LogP contribution >= 0.6 is 7.82 Å². The first kappa shape index (κ1) is 52.0. The monoisotopic (exact) mass is 808 g/mol. The molecule has 9 nitrogen and oxygen atoms in total. The van der Waals surface area contributed by atoms with Gasteiger partial charge in [0.15, 0.2) is 6.10 Å². The number of carbonyl (C=O) groups excluding carboxylic acids is 1. The number of epoxide rings is 1. The molecule has 1 aliphatic rings. The normalized spacial score (nSPS) is 17.9. The summed E-state index contributed by atoms with van der Waals surface area (Å²) in [4.78, 5) is 25.1. The van der Waals surface area contributed by atoms with Gasteiger partial charge < -0.3 is 32.6 Å². The summed E-state index contributed by atoms with van der Waals surface area (Å²) in [5.41, 5.74) is 0. The number of ether oxygens (including phenoxy) is 3. The smallest absolute Gasteiger partial charge is 0.306 e. The zero-order valence-corrected chi connectivity index (χ0v) is 37.2. The molecule has 0 N–H and O–H groups in total. The fourth-order valence-electron chi connectivity index (χ4n) is 6.00. The number of rotatable bonds is 39. The number of nitrogens with zero attached hydrogens (tertiary/aromatic N) is 1. The number of allylic oxidation sites excluding steroid dienone is 7. The summed E-state index contributed by atoms with van der Waals surface area (Å²) in [6, 6.07) is 0. The third-order valence-electron chi connectivity index (χ3n) is 9.55. The van der Waals surface area contributed by atoms with E-state index in [4.69, 9.17) is 23.3 Å². The van der Waals surface area contributed by atoms with Gasteiger partial charge in [0.1, 0.15) is 19.8 Å². The highest BCUT2D eigenvalue weighted by Gasteiger charge is 2.36. The molecule has 1 fully saturated rings. The first-order valence-electron chi connectivity index (χ1n) is 22.2. The number of unbranched alkanes of at least 4 members (excludes halogenated alkanes) is 15. The van der Waals surface area contributed by atoms with Crippen LogP contribution in [0.5, 0.6) is 0 Å². The van der Waals surface area contributed by atoms with Crippen LogP contribution in [-0.2, 0) is 32.6 Å². The number of phosphoric ester groups is 1. The van der Waals surface area contributed by atoms with Crippen LogP contribution in [0, 0.1) is 0 Å². The molecular weight excluding hydrogens is 725 g/mol. The topological polar surface area (TPSA) is 107 Å². The average molecular weight is 808 g/mol. The quantitative estimate of drug-likeness (QED) is 0.0115. The van der Waals surface area contributed by atoms with Gasteiger partial charge in [-0.15, -0.1) is 0 Å². The van der Waals surface area contributed by atoms with Crippen molar-refractivity contribution in [2.75, 3.05) is 47.5 Å². The predicted octanol–water partition coefficient (Wildman–Crippen LogP) is 11.6. The highest BCUT2D eigenvalue weighted by molar-refractivity contribution is 7.45. The lowest BCUT2D eigenvalue weighted by molar-refractivity contribution is -0.870. The molecule has 0 saturated carbocycles. The summed E-state index contributed by atoms with van der Waals surface area (Å²) in [7, 11) is 1.27. The minimum absolute atomic E-state index is 0.000755. The van der Waals surface area contributed by atoms with E-state index in [2.05, 4.69) is 62.5 Å². The molecule has 4 atom stereocenters. The molecule has 56 heavy (non-hydrogen) atoms. The maximum absolute atomic E-state index is 12.7. The molecule has 0 aromatic carbocycles. The van der Waals surface area contributed by atoms with Crippen LogP contribution in [0.4, 0.5) is 0 Å². The lowest BCUT2D eigenvalue weighted by atomic mass is 10.0. The highest BCUT2D eigenvalue weighted by Crippen LogP contribution is 2.38. The lowest BCUT2D eigenvalue weighted by Gasteiger charge is -2.28. The lowest BCUT2D eigenvalue weighted by Crippen LogP contribution is -2.37. The number of phosphoric acid groups is 1. The average Bonchev–Trinajstić information content (AvgIpc) is 3.91. The molecule has 1 heterocycles. The Morgan fingerprint density at radius 3 is 1.80 bits per heavy atom. The van der Waals surface area contributed by atoms with E-state index in [0.717, 1.165) is 51.4 Å². The van der Waals surface area contributed by atoms with E-state index in [1.165, 1.54) is 83.5 Å². The summed E-state index contributed by atoms with van der Waals surface area (Å²) in [5, 5.41) is 0. The van der Waals surface area contributed by atoms with Crippen molar-refractivity contribution < 1.29 is 42.0 Å². The van der Waals surface area contributed by atoms with Gasteiger partial charge in [0.05, 0.1) is 46.2 Å². The molecule has 0 bridgehead atoms. The predicted molar refractivity (Wildman–Crippen MR) is 230 cm³/mol. The van der Waals surface area contributed by atoms with Gasteiger partial charge >= 0.3 is 5.97 Å². The van der Waals surface area contributed by atoms with Crippen molar-refractivity contribution in [1.82, 2.24) is 0 Å². The van der Waals surface area contributed by atoms with E-state index >= 15 is 0 Å². The first-order valence-corrected chi connectivity index (χ1v) is 23.6. The molecule has 0 aromatic heterocycles. The Labute approximate surface area is 343 Å². The van der Waals surface area contributed by atoms with Crippen LogP contribution < -0.4 is 4.89 Å². The maximum atomic E-state index is 12.7. The Bertz CT molecular complexity index is 1140. The maximum Gasteiger partial charge on any atom is 0.306 e. The van der Waals surface area contributed by atoms with Gasteiger partial charge in [-0.25, -0.2) is 0 Å². The van der Waals surface area contributed by atoms with E-state index in [9.17, 15) is 14.3 Å². The van der Waals surface area contributed by atoms with Gasteiger partial charge in [-0.3, -0.25) is 9.36 Å². The third-order valence-corrected chi connectivity index (χ3v) is 10.5. The van der Waals surface area contributed by atoms with Gasteiger partial charge in [0.2, 0.25) is 0 Å². The third kappa shape index (κ3) is 35.2. The number of carbonyl (C=O) groups is 1. The molecule has 0 spiro atoms. The SMILES string of the molecule is CC/C=C\C/C=C\C/C=C\CC1OC1C/C=C\CCCC(=O)OC(CO/C=C\CCCCCCCCCCCCCCCC)COP(=O)([O-])OCC[N+](C)(C)C. The fraction of sp³-hybridized carbons (Fsp3) is 0.761. The largest absolute Gasteiger partial charge is 0.756 e. The number of esters is 1. The van der Waals surface area contributed by atoms with Crippen molar-refractivity contribution in [3.8, 4) is 0 Å². The van der Waals surface area contributed by atoms with Gasteiger partial charge in [-0.1, -0.05) is 146 Å². The molecule has 1 rings (SSSR count). The van der Waals surface area contributed by atoms with Crippen molar-refractivity contribution >= 4 is 13.8 Å². The summed E-state index contributed by atoms with van der Waals surface area (Å²) in [5.74, 6) is -0.418. The number of hydrogen-bond donors (Lipinski definition) is 0. The number of quaternary nitrogens is 1. The highest BCUT2D eigenvalue weighted by atomic mass is 31.2. The van der Waals surface area contributed by atoms with Crippen molar-refractivity contribution in [2.24, 2.45) is 0 Å². The van der Waals surface area contributed by atoms with Crippen molar-refractivity contribution in [1.29, 1.82) is 0 Å². The van der Waals surface area contributed by atoms with Crippen LogP contribution in [0.15, 0.2) is 60.9 Å². The van der Waals surface area contributed by atoms with Gasteiger partial charge in [0.25, 0.3) is 7.82 Å². The zero-order chi connectivity index (χ0) is 41.0. The summed E-state index contributed by atoms with van der Waals surface area (Å²) < 4.78 is 40.1. The Balaban J connectivity index is 2.30. The van der Waals surface area contributed by atoms with Gasteiger partial charge in [0, 0.05) is 6.42 Å². The second kappa shape index (κ2) is 35.0. The summed E-state index contributed by atoms with van der Waals surface area (Å²) in [6.07, 6.45) is 46.4. The zero-order valence-electron chi connectivity index (χ0n) is 36.3. The van der Waals surface area contributed by atoms with Gasteiger partial charge in [-0.05, 0) is 63.9 Å². The number of hydrogen-bond acceptors (Lipinski definition) is 8. The summed E-state index contributed by atoms with van der Waals surface area (Å²) in [6.45, 7) is 4.53. The molecule has 1 aliphatic heterocycles. The minimum atomic E-state index is -4.56. The summed E-state index contributed by atoms with van der Waals surface area (Å²) >= 11 is 0. The van der Waals surface area contributed by atoms with E-state index in [1.54, 1.807) is 6.26 Å². The number of likely N-dealkylation sites (N-methyl/N-ethyl adjacent to an activating group) is 1. The molecule has 4 unspecified atom stereocenters. The first-order chi connectivity index (χ1) is 27.1. The van der Waals surface area contributed by atoms with Crippen molar-refractivity contribution in [3.05, 3.63) is 60.9 Å². The molecule has 1 saturated heterocycles. The Hall–Kier alpha value is -2.00. The Morgan fingerprint density at radius 2 is 1.21 bits per heavy atom. The van der Waals surface area contributed by atoms with Crippen LogP contribution in [0.1, 0.15) is 162 Å². The van der Waals surface area contributed by atoms with Crippen LogP contribution in [-0.4, -0.2) is 76.3 Å². The van der Waals surface area contributed by atoms with Gasteiger partial charge in [-0.2, -0.15) is 0 Å². The second-order valence-corrected chi connectivity index (χ2v) is 17.5. The fourth-order valence-corrected chi connectivity index (χ4v) is 6.73. The van der Waals surface area contributed by atoms with Crippen LogP contribution in [0.2, 0.25) is 0 Å². The van der Waals surface area contributed by atoms with E-state index in [0.29, 0.717) is 17.4 Å². The molecule has 10 heteroatoms. The van der Waals surface area contributed by atoms with Crippen molar-refractivity contribution in [3.63, 3.8) is 0 Å². The van der Waals surface area contributed by atoms with E-state index in [-0.39, 0.29) is 38.4 Å². The molecular formula is C46H82NO8P. The second-order valence-electron chi connectivity index (χ2n) is 16.1. The van der Waals surface area contributed by atoms with Crippen LogP contribution in [0.3, 0.4) is 0 Å². The molecule has 0 aromatic rings. The standard InChI is InChI=1S/C46H82NO8P/c1-6-8-10-12-14-16-17-18-19-20-21-22-24-26-30-34-39-51-41-43(42-53-56(49,50)52-40-38-47(3,4)5)54-46(48)37-33-29-28-32-36-45-44(55-45)35-31-27-25-23-15-13-11-9-7-2/h9,11,15,23,27-28,31-32,34,39,43-45H,6-8,10,12-14,16-22,24-26,29-30,33,35-38,40-42H2,1-5H3/b11-9-,23-15-,31-27-,32-28-,39-34-. The van der Waals surface area contributed by atoms with E-state index < -0.39 is 19.9 Å². The molecule has 324 valence electrons. The van der Waals surface area contributed by atoms with Crippen molar-refractivity contribution in [2.45, 2.75) is 180 Å².